The second-order valence-corrected chi connectivity index (χ2v) is 6.05. The minimum atomic E-state index is 0.0867. The Balaban J connectivity index is 1.55. The first-order chi connectivity index (χ1) is 11.2. The molecule has 4 rings (SSSR count). The highest BCUT2D eigenvalue weighted by Gasteiger charge is 2.27. The molecule has 0 amide bonds. The fourth-order valence-corrected chi connectivity index (χ4v) is 3.13. The Morgan fingerprint density at radius 2 is 2.22 bits per heavy atom. The number of aromatic nitrogens is 4. The number of hydrogen-bond acceptors (Lipinski definition) is 5. The van der Waals surface area contributed by atoms with Gasteiger partial charge in [0.15, 0.2) is 0 Å². The number of pyridine rings is 1. The largest absolute Gasteiger partial charge is 0.487 e. The van der Waals surface area contributed by atoms with Crippen LogP contribution in [0.15, 0.2) is 37.1 Å². The highest BCUT2D eigenvalue weighted by atomic mass is 35.5. The van der Waals surface area contributed by atoms with Crippen molar-refractivity contribution in [3.05, 3.63) is 42.1 Å². The third-order valence-electron chi connectivity index (χ3n) is 4.11. The zero-order valence-corrected chi connectivity index (χ0v) is 13.4. The van der Waals surface area contributed by atoms with Gasteiger partial charge in [0.05, 0.1) is 11.9 Å². The maximum absolute atomic E-state index is 6.11. The minimum absolute atomic E-state index is 0.0867. The Hall–Kier alpha value is -2.34. The molecule has 1 unspecified atom stereocenters. The highest BCUT2D eigenvalue weighted by molar-refractivity contribution is 6.31. The molecule has 1 atom stereocenters. The molecule has 23 heavy (non-hydrogen) atoms. The van der Waals surface area contributed by atoms with Crippen LogP contribution in [0.4, 0.5) is 5.82 Å². The molecular weight excluding hydrogens is 314 g/mol. The van der Waals surface area contributed by atoms with Gasteiger partial charge in [0.1, 0.15) is 34.7 Å². The second kappa shape index (κ2) is 5.70. The Morgan fingerprint density at radius 1 is 1.30 bits per heavy atom. The Morgan fingerprint density at radius 3 is 3.09 bits per heavy atom. The average Bonchev–Trinajstić information content (AvgIpc) is 3.17. The van der Waals surface area contributed by atoms with Crippen LogP contribution in [0.5, 0.6) is 5.75 Å². The molecule has 3 aromatic rings. The van der Waals surface area contributed by atoms with Gasteiger partial charge in [-0.05, 0) is 6.07 Å². The van der Waals surface area contributed by atoms with Crippen molar-refractivity contribution in [3.63, 3.8) is 0 Å². The van der Waals surface area contributed by atoms with E-state index >= 15 is 0 Å². The maximum Gasteiger partial charge on any atom is 0.145 e. The molecule has 0 spiro atoms. The molecule has 1 aliphatic rings. The molecule has 1 fully saturated rings. The number of nitrogens with zero attached hydrogens (tertiary/aromatic N) is 5. The summed E-state index contributed by atoms with van der Waals surface area (Å²) in [6.45, 7) is 1.67. The van der Waals surface area contributed by atoms with E-state index in [0.29, 0.717) is 10.8 Å². The fourth-order valence-electron chi connectivity index (χ4n) is 2.97. The van der Waals surface area contributed by atoms with E-state index in [9.17, 15) is 0 Å². The first kappa shape index (κ1) is 14.3. The number of hydrogen-bond donors (Lipinski definition) is 0. The maximum atomic E-state index is 6.11. The zero-order valence-electron chi connectivity index (χ0n) is 12.7. The molecule has 6 nitrogen and oxygen atoms in total. The van der Waals surface area contributed by atoms with Gasteiger partial charge < -0.3 is 14.2 Å². The third-order valence-corrected chi connectivity index (χ3v) is 4.40. The van der Waals surface area contributed by atoms with Crippen LogP contribution in [0, 0.1) is 0 Å². The first-order valence-corrected chi connectivity index (χ1v) is 7.87. The smallest absolute Gasteiger partial charge is 0.145 e. The lowest BCUT2D eigenvalue weighted by Crippen LogP contribution is -2.25. The van der Waals surface area contributed by atoms with E-state index in [1.807, 2.05) is 17.8 Å². The van der Waals surface area contributed by atoms with Crippen molar-refractivity contribution in [3.8, 4) is 5.75 Å². The van der Waals surface area contributed by atoms with Gasteiger partial charge in [-0.25, -0.2) is 9.97 Å². The summed E-state index contributed by atoms with van der Waals surface area (Å²) in [7, 11) is 1.99. The van der Waals surface area contributed by atoms with E-state index < -0.39 is 0 Å². The van der Waals surface area contributed by atoms with Gasteiger partial charge in [-0.15, -0.1) is 0 Å². The number of fused-ring (bicyclic) bond motifs is 1. The van der Waals surface area contributed by atoms with E-state index in [0.717, 1.165) is 36.4 Å². The lowest BCUT2D eigenvalue weighted by atomic mass is 10.3. The molecule has 0 saturated carbocycles. The molecule has 0 aliphatic carbocycles. The summed E-state index contributed by atoms with van der Waals surface area (Å²) in [5.74, 6) is 1.64. The van der Waals surface area contributed by atoms with Crippen molar-refractivity contribution < 1.29 is 4.74 Å². The van der Waals surface area contributed by atoms with Crippen LogP contribution in [0.1, 0.15) is 6.42 Å². The molecule has 4 heterocycles. The highest BCUT2D eigenvalue weighted by Crippen LogP contribution is 2.29. The fraction of sp³-hybridized carbons (Fsp3) is 0.312. The van der Waals surface area contributed by atoms with Crippen LogP contribution >= 0.6 is 11.6 Å². The molecule has 118 valence electrons. The predicted molar refractivity (Wildman–Crippen MR) is 89.0 cm³/mol. The van der Waals surface area contributed by atoms with E-state index in [4.69, 9.17) is 16.3 Å². The first-order valence-electron chi connectivity index (χ1n) is 7.49. The van der Waals surface area contributed by atoms with E-state index in [2.05, 4.69) is 25.9 Å². The van der Waals surface area contributed by atoms with E-state index in [1.54, 1.807) is 24.8 Å². The van der Waals surface area contributed by atoms with Gasteiger partial charge in [-0.3, -0.25) is 4.98 Å². The van der Waals surface area contributed by atoms with Crippen LogP contribution in [0.3, 0.4) is 0 Å². The number of ether oxygens (including phenoxy) is 1. The Labute approximate surface area is 138 Å². The van der Waals surface area contributed by atoms with Crippen molar-refractivity contribution in [2.45, 2.75) is 12.5 Å². The monoisotopic (exact) mass is 329 g/mol. The number of rotatable bonds is 3. The minimum Gasteiger partial charge on any atom is -0.487 e. The summed E-state index contributed by atoms with van der Waals surface area (Å²) in [6.07, 6.45) is 7.92. The molecule has 7 heteroatoms. The van der Waals surface area contributed by atoms with Gasteiger partial charge in [-0.2, -0.15) is 0 Å². The topological polar surface area (TPSA) is 56.1 Å². The SMILES string of the molecule is Cn1ccc2c(N3CCC(Oc4ccncc4Cl)C3)ncnc21. The molecule has 0 N–H and O–H groups in total. The Kier molecular flexibility index (Phi) is 3.53. The van der Waals surface area contributed by atoms with Crippen LogP contribution < -0.4 is 9.64 Å². The van der Waals surface area contributed by atoms with Crippen LogP contribution in [-0.4, -0.2) is 38.7 Å². The lowest BCUT2D eigenvalue weighted by Gasteiger charge is -2.19. The zero-order chi connectivity index (χ0) is 15.8. The normalized spacial score (nSPS) is 17.8. The predicted octanol–water partition coefficient (Wildman–Crippen LogP) is 2.67. The molecule has 3 aromatic heterocycles. The summed E-state index contributed by atoms with van der Waals surface area (Å²) in [5.41, 5.74) is 0.941. The summed E-state index contributed by atoms with van der Waals surface area (Å²) in [6, 6.07) is 3.85. The van der Waals surface area contributed by atoms with Gasteiger partial charge in [0.2, 0.25) is 0 Å². The molecule has 0 radical (unpaired) electrons. The quantitative estimate of drug-likeness (QED) is 0.739. The van der Waals surface area contributed by atoms with Gasteiger partial charge >= 0.3 is 0 Å². The number of anilines is 1. The van der Waals surface area contributed by atoms with E-state index in [-0.39, 0.29) is 6.10 Å². The lowest BCUT2D eigenvalue weighted by molar-refractivity contribution is 0.225. The van der Waals surface area contributed by atoms with Gasteiger partial charge in [0.25, 0.3) is 0 Å². The summed E-state index contributed by atoms with van der Waals surface area (Å²) >= 11 is 6.11. The molecule has 1 aliphatic heterocycles. The van der Waals surface area contributed by atoms with Crippen molar-refractivity contribution >= 4 is 28.5 Å². The Bertz CT molecular complexity index is 849. The molecule has 0 aromatic carbocycles. The van der Waals surface area contributed by atoms with Gasteiger partial charge in [-0.1, -0.05) is 11.6 Å². The van der Waals surface area contributed by atoms with E-state index in [1.165, 1.54) is 0 Å². The van der Waals surface area contributed by atoms with Crippen LogP contribution in [0.25, 0.3) is 11.0 Å². The van der Waals surface area contributed by atoms with Crippen molar-refractivity contribution in [2.24, 2.45) is 7.05 Å². The van der Waals surface area contributed by atoms with Gasteiger partial charge in [0, 0.05) is 44.7 Å². The number of halogens is 1. The number of aryl methyl sites for hydroxylation is 1. The van der Waals surface area contributed by atoms with Crippen molar-refractivity contribution in [1.82, 2.24) is 19.5 Å². The second-order valence-electron chi connectivity index (χ2n) is 5.64. The summed E-state index contributed by atoms with van der Waals surface area (Å²) in [5, 5.41) is 1.61. The average molecular weight is 330 g/mol. The van der Waals surface area contributed by atoms with Crippen molar-refractivity contribution in [1.29, 1.82) is 0 Å². The summed E-state index contributed by atoms with van der Waals surface area (Å²) < 4.78 is 8.01. The molecule has 0 bridgehead atoms. The van der Waals surface area contributed by atoms with Crippen LogP contribution in [-0.2, 0) is 7.05 Å². The van der Waals surface area contributed by atoms with Crippen LogP contribution in [0.2, 0.25) is 5.02 Å². The third kappa shape index (κ3) is 2.59. The standard InChI is InChI=1S/C16H16ClN5O/c1-21-6-4-12-15(21)19-10-20-16(12)22-7-3-11(9-22)23-14-2-5-18-8-13(14)17/h2,4-6,8,10-11H,3,7,9H2,1H3. The molecule has 1 saturated heterocycles. The van der Waals surface area contributed by atoms with Crippen molar-refractivity contribution in [2.75, 3.05) is 18.0 Å². The molecular formula is C16H16ClN5O. The summed E-state index contributed by atoms with van der Waals surface area (Å²) in [4.78, 5) is 15.0.